The number of nitrogens with zero attached hydrogens (tertiary/aromatic N) is 1. The molecule has 0 aromatic heterocycles. The maximum Gasteiger partial charge on any atom is 0.138 e. The monoisotopic (exact) mass is 221 g/mol. The number of ether oxygens (including phenoxy) is 1. The van der Waals surface area contributed by atoms with Gasteiger partial charge in [0.15, 0.2) is 0 Å². The van der Waals surface area contributed by atoms with E-state index in [1.54, 1.807) is 11.8 Å². The molecule has 3 heteroatoms. The van der Waals surface area contributed by atoms with Crippen LogP contribution in [-0.2, 0) is 0 Å². The molecule has 0 amide bonds. The number of hydrogen-bond donors (Lipinski definition) is 0. The van der Waals surface area contributed by atoms with E-state index in [4.69, 9.17) is 10.00 Å². The summed E-state index contributed by atoms with van der Waals surface area (Å²) >= 11 is 1.57. The predicted molar refractivity (Wildman–Crippen MR) is 63.3 cm³/mol. The molecule has 0 radical (unpaired) electrons. The van der Waals surface area contributed by atoms with Crippen molar-refractivity contribution < 1.29 is 4.74 Å². The van der Waals surface area contributed by atoms with Crippen molar-refractivity contribution in [1.82, 2.24) is 0 Å². The summed E-state index contributed by atoms with van der Waals surface area (Å²) in [5.74, 6) is 0.693. The zero-order chi connectivity index (χ0) is 11.3. The first-order chi connectivity index (χ1) is 7.22. The minimum absolute atomic E-state index is 0.147. The van der Waals surface area contributed by atoms with E-state index in [1.165, 1.54) is 0 Å². The highest BCUT2D eigenvalue weighted by atomic mass is 32.2. The average molecular weight is 221 g/mol. The third kappa shape index (κ3) is 2.90. The maximum absolute atomic E-state index is 9.07. The molecule has 0 bridgehead atoms. The van der Waals surface area contributed by atoms with Gasteiger partial charge >= 0.3 is 0 Å². The minimum Gasteiger partial charge on any atom is -0.489 e. The molecule has 0 saturated carbocycles. The molecule has 80 valence electrons. The summed E-state index contributed by atoms with van der Waals surface area (Å²) in [5, 5.41) is 9.07. The molecule has 1 aromatic rings. The fraction of sp³-hybridized carbons (Fsp3) is 0.417. The van der Waals surface area contributed by atoms with Gasteiger partial charge in [0.25, 0.3) is 0 Å². The Morgan fingerprint density at radius 2 is 2.27 bits per heavy atom. The Bertz CT molecular complexity index is 370. The first-order valence-electron chi connectivity index (χ1n) is 4.96. The lowest BCUT2D eigenvalue weighted by molar-refractivity contribution is 0.216. The molecule has 0 aliphatic rings. The van der Waals surface area contributed by atoms with Crippen molar-refractivity contribution >= 4 is 11.8 Å². The van der Waals surface area contributed by atoms with Crippen molar-refractivity contribution in [2.75, 3.05) is 6.26 Å². The van der Waals surface area contributed by atoms with Crippen molar-refractivity contribution in [2.24, 2.45) is 0 Å². The second kappa shape index (κ2) is 5.67. The van der Waals surface area contributed by atoms with Gasteiger partial charge in [-0.05, 0) is 31.7 Å². The molecule has 0 aliphatic heterocycles. The van der Waals surface area contributed by atoms with Crippen LogP contribution in [0.15, 0.2) is 23.1 Å². The number of thioether (sulfide) groups is 1. The Labute approximate surface area is 95.3 Å². The minimum atomic E-state index is 0.147. The van der Waals surface area contributed by atoms with Crippen LogP contribution >= 0.6 is 11.8 Å². The lowest BCUT2D eigenvalue weighted by Gasteiger charge is -2.14. The SMILES string of the molecule is CCC(C)Oc1cccc(SC)c1C#N. The second-order valence-electron chi connectivity index (χ2n) is 3.28. The van der Waals surface area contributed by atoms with Crippen LogP contribution in [0, 0.1) is 11.3 Å². The smallest absolute Gasteiger partial charge is 0.138 e. The van der Waals surface area contributed by atoms with Gasteiger partial charge in [-0.3, -0.25) is 0 Å². The molecule has 0 N–H and O–H groups in total. The van der Waals surface area contributed by atoms with Gasteiger partial charge in [-0.1, -0.05) is 13.0 Å². The standard InChI is InChI=1S/C12H15NOS/c1-4-9(2)14-11-6-5-7-12(15-3)10(11)8-13/h5-7,9H,4H2,1-3H3. The van der Waals surface area contributed by atoms with E-state index in [9.17, 15) is 0 Å². The molecule has 0 spiro atoms. The topological polar surface area (TPSA) is 33.0 Å². The molecule has 0 saturated heterocycles. The van der Waals surface area contributed by atoms with Gasteiger partial charge in [-0.2, -0.15) is 5.26 Å². The third-order valence-electron chi connectivity index (χ3n) is 2.22. The van der Waals surface area contributed by atoms with E-state index in [0.29, 0.717) is 11.3 Å². The number of benzene rings is 1. The summed E-state index contributed by atoms with van der Waals surface area (Å²) in [5.41, 5.74) is 0.644. The Morgan fingerprint density at radius 3 is 2.80 bits per heavy atom. The summed E-state index contributed by atoms with van der Waals surface area (Å²) in [6.45, 7) is 4.07. The van der Waals surface area contributed by atoms with E-state index >= 15 is 0 Å². The summed E-state index contributed by atoms with van der Waals surface area (Å²) in [4.78, 5) is 0.971. The molecule has 15 heavy (non-hydrogen) atoms. The fourth-order valence-electron chi connectivity index (χ4n) is 1.19. The lowest BCUT2D eigenvalue weighted by atomic mass is 10.2. The first-order valence-corrected chi connectivity index (χ1v) is 6.19. The molecule has 0 aliphatic carbocycles. The summed E-state index contributed by atoms with van der Waals surface area (Å²) < 4.78 is 5.69. The number of hydrogen-bond acceptors (Lipinski definition) is 3. The molecular formula is C12H15NOS. The highest BCUT2D eigenvalue weighted by Gasteiger charge is 2.10. The van der Waals surface area contributed by atoms with E-state index in [0.717, 1.165) is 11.3 Å². The van der Waals surface area contributed by atoms with Crippen LogP contribution in [0.3, 0.4) is 0 Å². The molecule has 1 aromatic carbocycles. The van der Waals surface area contributed by atoms with E-state index in [1.807, 2.05) is 31.4 Å². The highest BCUT2D eigenvalue weighted by Crippen LogP contribution is 2.28. The van der Waals surface area contributed by atoms with Gasteiger partial charge in [0.2, 0.25) is 0 Å². The largest absolute Gasteiger partial charge is 0.489 e. The van der Waals surface area contributed by atoms with Gasteiger partial charge in [0.1, 0.15) is 17.4 Å². The van der Waals surface area contributed by atoms with Gasteiger partial charge in [0.05, 0.1) is 6.10 Å². The van der Waals surface area contributed by atoms with E-state index in [2.05, 4.69) is 13.0 Å². The van der Waals surface area contributed by atoms with E-state index < -0.39 is 0 Å². The van der Waals surface area contributed by atoms with E-state index in [-0.39, 0.29) is 6.10 Å². The van der Waals surface area contributed by atoms with Crippen molar-refractivity contribution in [2.45, 2.75) is 31.3 Å². The first kappa shape index (κ1) is 11.9. The number of nitriles is 1. The van der Waals surface area contributed by atoms with Gasteiger partial charge < -0.3 is 4.74 Å². The van der Waals surface area contributed by atoms with Crippen LogP contribution in [0.5, 0.6) is 5.75 Å². The normalized spacial score (nSPS) is 11.9. The summed E-state index contributed by atoms with van der Waals surface area (Å²) in [6.07, 6.45) is 3.05. The second-order valence-corrected chi connectivity index (χ2v) is 4.13. The van der Waals surface area contributed by atoms with Crippen LogP contribution in [0.25, 0.3) is 0 Å². The molecule has 0 fully saturated rings. The van der Waals surface area contributed by atoms with Crippen molar-refractivity contribution in [3.8, 4) is 11.8 Å². The predicted octanol–water partition coefficient (Wildman–Crippen LogP) is 3.46. The molecule has 1 unspecified atom stereocenters. The molecular weight excluding hydrogens is 206 g/mol. The molecule has 0 heterocycles. The maximum atomic E-state index is 9.07. The molecule has 1 atom stereocenters. The Balaban J connectivity index is 3.02. The van der Waals surface area contributed by atoms with Gasteiger partial charge in [-0.25, -0.2) is 0 Å². The summed E-state index contributed by atoms with van der Waals surface area (Å²) in [6, 6.07) is 7.91. The van der Waals surface area contributed by atoms with Crippen molar-refractivity contribution in [3.05, 3.63) is 23.8 Å². The zero-order valence-electron chi connectivity index (χ0n) is 9.28. The Hall–Kier alpha value is -1.14. The fourth-order valence-corrected chi connectivity index (χ4v) is 1.75. The molecule has 2 nitrogen and oxygen atoms in total. The zero-order valence-corrected chi connectivity index (χ0v) is 10.1. The molecule has 1 rings (SSSR count). The van der Waals surface area contributed by atoms with Gasteiger partial charge in [-0.15, -0.1) is 11.8 Å². The van der Waals surface area contributed by atoms with Crippen LogP contribution in [-0.4, -0.2) is 12.4 Å². The average Bonchev–Trinajstić information content (AvgIpc) is 2.28. The van der Waals surface area contributed by atoms with Gasteiger partial charge in [0, 0.05) is 4.90 Å². The Kier molecular flexibility index (Phi) is 4.51. The third-order valence-corrected chi connectivity index (χ3v) is 3.00. The number of rotatable bonds is 4. The van der Waals surface area contributed by atoms with Crippen molar-refractivity contribution in [1.29, 1.82) is 5.26 Å². The van der Waals surface area contributed by atoms with Crippen LogP contribution in [0.4, 0.5) is 0 Å². The van der Waals surface area contributed by atoms with Crippen LogP contribution < -0.4 is 4.74 Å². The quantitative estimate of drug-likeness (QED) is 0.730. The lowest BCUT2D eigenvalue weighted by Crippen LogP contribution is -2.10. The van der Waals surface area contributed by atoms with Crippen LogP contribution in [0.2, 0.25) is 0 Å². The summed E-state index contributed by atoms with van der Waals surface area (Å²) in [7, 11) is 0. The van der Waals surface area contributed by atoms with Crippen molar-refractivity contribution in [3.63, 3.8) is 0 Å². The highest BCUT2D eigenvalue weighted by molar-refractivity contribution is 7.98. The Morgan fingerprint density at radius 1 is 1.53 bits per heavy atom. The van der Waals surface area contributed by atoms with Crippen LogP contribution in [0.1, 0.15) is 25.8 Å².